The Hall–Kier alpha value is -7.40. The molecule has 0 spiro atoms. The number of furan rings is 1. The first kappa shape index (κ1) is 31.8. The second-order valence-corrected chi connectivity index (χ2v) is 16.3. The third kappa shape index (κ3) is 4.55. The van der Waals surface area contributed by atoms with Crippen molar-refractivity contribution in [2.24, 2.45) is 0 Å². The fourth-order valence-corrected chi connectivity index (χ4v) is 10.7. The number of hydrogen-bond acceptors (Lipinski definition) is 2. The van der Waals surface area contributed by atoms with Crippen LogP contribution in [-0.4, -0.2) is 9.13 Å². The normalized spacial score (nSPS) is 12.1. The number of hydrogen-bond donors (Lipinski definition) is 0. The Labute approximate surface area is 336 Å². The van der Waals surface area contributed by atoms with Gasteiger partial charge in [0, 0.05) is 63.9 Å². The molecule has 0 atom stereocenters. The Morgan fingerprint density at radius 3 is 1.64 bits per heavy atom. The van der Waals surface area contributed by atoms with Gasteiger partial charge in [-0.3, -0.25) is 0 Å². The van der Waals surface area contributed by atoms with E-state index in [1.54, 1.807) is 0 Å². The third-order valence-electron chi connectivity index (χ3n) is 12.1. The van der Waals surface area contributed by atoms with Gasteiger partial charge in [-0.25, -0.2) is 0 Å². The summed E-state index contributed by atoms with van der Waals surface area (Å²) in [6.07, 6.45) is 0. The second kappa shape index (κ2) is 12.1. The summed E-state index contributed by atoms with van der Waals surface area (Å²) in [6.45, 7) is 0. The molecular weight excluding hydrogens is 725 g/mol. The standard InChI is InChI=1S/C54H32N2OS/c1-5-19-47-39(13-1)44-30-33(23-26-49(44)55(47)36-12-9-11-35(29-36)38-17-10-18-43-42-16-4-8-22-53(42)58-54(38)43)34-24-27-50-45(31-34)40-14-2-6-20-48(40)56(50)37-25-28-52-46(32-37)41-15-3-7-21-51(41)57-52/h1-32H. The Morgan fingerprint density at radius 2 is 0.897 bits per heavy atom. The van der Waals surface area contributed by atoms with Crippen molar-refractivity contribution in [2.45, 2.75) is 0 Å². The van der Waals surface area contributed by atoms with Crippen molar-refractivity contribution in [2.75, 3.05) is 0 Å². The fourth-order valence-electron chi connectivity index (χ4n) is 9.50. The van der Waals surface area contributed by atoms with E-state index in [1.165, 1.54) is 86.0 Å². The molecule has 0 amide bonds. The van der Waals surface area contributed by atoms with Gasteiger partial charge >= 0.3 is 0 Å². The monoisotopic (exact) mass is 756 g/mol. The summed E-state index contributed by atoms with van der Waals surface area (Å²) < 4.78 is 13.7. The van der Waals surface area contributed by atoms with Gasteiger partial charge in [0.1, 0.15) is 11.2 Å². The van der Waals surface area contributed by atoms with Crippen LogP contribution in [-0.2, 0) is 0 Å². The van der Waals surface area contributed by atoms with Gasteiger partial charge < -0.3 is 13.6 Å². The summed E-state index contributed by atoms with van der Waals surface area (Å²) in [5, 5.41) is 9.87. The van der Waals surface area contributed by atoms with Crippen LogP contribution in [0.1, 0.15) is 0 Å². The molecular formula is C54H32N2OS. The van der Waals surface area contributed by atoms with Gasteiger partial charge in [0.15, 0.2) is 0 Å². The van der Waals surface area contributed by atoms with Crippen LogP contribution in [0.4, 0.5) is 0 Å². The topological polar surface area (TPSA) is 23.0 Å². The van der Waals surface area contributed by atoms with Crippen LogP contribution in [0.5, 0.6) is 0 Å². The largest absolute Gasteiger partial charge is 0.456 e. The smallest absolute Gasteiger partial charge is 0.135 e. The maximum absolute atomic E-state index is 6.18. The molecule has 0 saturated carbocycles. The predicted molar refractivity (Wildman–Crippen MR) is 246 cm³/mol. The molecule has 0 saturated heterocycles. The van der Waals surface area contributed by atoms with E-state index in [4.69, 9.17) is 4.42 Å². The maximum atomic E-state index is 6.18. The first-order chi connectivity index (χ1) is 28.7. The second-order valence-electron chi connectivity index (χ2n) is 15.3. The van der Waals surface area contributed by atoms with Crippen molar-refractivity contribution < 1.29 is 4.42 Å². The molecule has 0 unspecified atom stereocenters. The number of para-hydroxylation sites is 3. The van der Waals surface area contributed by atoms with E-state index in [-0.39, 0.29) is 0 Å². The minimum Gasteiger partial charge on any atom is -0.456 e. The number of fused-ring (bicyclic) bond motifs is 12. The lowest BCUT2D eigenvalue weighted by atomic mass is 10.0. The predicted octanol–water partition coefficient (Wildman–Crippen LogP) is 15.5. The molecule has 3 nitrogen and oxygen atoms in total. The highest BCUT2D eigenvalue weighted by atomic mass is 32.1. The highest BCUT2D eigenvalue weighted by molar-refractivity contribution is 7.26. The molecule has 4 aromatic heterocycles. The molecule has 13 rings (SSSR count). The summed E-state index contributed by atoms with van der Waals surface area (Å²) in [6, 6.07) is 70.8. The van der Waals surface area contributed by atoms with E-state index in [1.807, 2.05) is 23.5 Å². The molecule has 4 heterocycles. The number of benzene rings is 9. The lowest BCUT2D eigenvalue weighted by molar-refractivity contribution is 0.669. The SMILES string of the molecule is c1cc(-c2cccc3c2sc2ccccc23)cc(-n2c3ccccc3c3cc(-c4ccc5c(c4)c4ccccc4n5-c4ccc5oc6ccccc6c5c4)ccc32)c1. The molecule has 0 fully saturated rings. The summed E-state index contributed by atoms with van der Waals surface area (Å²) in [5.74, 6) is 0. The third-order valence-corrected chi connectivity index (χ3v) is 13.3. The van der Waals surface area contributed by atoms with Crippen LogP contribution in [0.15, 0.2) is 199 Å². The zero-order chi connectivity index (χ0) is 37.9. The van der Waals surface area contributed by atoms with Crippen molar-refractivity contribution in [1.29, 1.82) is 0 Å². The molecule has 58 heavy (non-hydrogen) atoms. The Morgan fingerprint density at radius 1 is 0.328 bits per heavy atom. The van der Waals surface area contributed by atoms with Gasteiger partial charge in [-0.15, -0.1) is 11.3 Å². The number of nitrogens with zero attached hydrogens (tertiary/aromatic N) is 2. The zero-order valence-corrected chi connectivity index (χ0v) is 32.0. The van der Waals surface area contributed by atoms with Crippen LogP contribution in [0.2, 0.25) is 0 Å². The molecule has 0 aliphatic rings. The minimum atomic E-state index is 0.905. The highest BCUT2D eigenvalue weighted by Crippen LogP contribution is 2.42. The number of thiophene rings is 1. The van der Waals surface area contributed by atoms with E-state index in [2.05, 4.69) is 191 Å². The lowest BCUT2D eigenvalue weighted by Crippen LogP contribution is -1.94. The van der Waals surface area contributed by atoms with E-state index >= 15 is 0 Å². The minimum absolute atomic E-state index is 0.905. The Kier molecular flexibility index (Phi) is 6.60. The quantitative estimate of drug-likeness (QED) is 0.175. The summed E-state index contributed by atoms with van der Waals surface area (Å²) in [7, 11) is 0. The average molecular weight is 757 g/mol. The highest BCUT2D eigenvalue weighted by Gasteiger charge is 2.18. The van der Waals surface area contributed by atoms with Crippen LogP contribution in [0, 0.1) is 0 Å². The van der Waals surface area contributed by atoms with E-state index in [0.717, 1.165) is 33.3 Å². The molecule has 13 aromatic rings. The van der Waals surface area contributed by atoms with Gasteiger partial charge in [-0.2, -0.15) is 0 Å². The lowest BCUT2D eigenvalue weighted by Gasteiger charge is -2.11. The van der Waals surface area contributed by atoms with Crippen molar-refractivity contribution in [3.63, 3.8) is 0 Å². The molecule has 0 N–H and O–H groups in total. The fraction of sp³-hybridized carbons (Fsp3) is 0. The van der Waals surface area contributed by atoms with E-state index < -0.39 is 0 Å². The van der Waals surface area contributed by atoms with Gasteiger partial charge in [-0.1, -0.05) is 115 Å². The first-order valence-corrected chi connectivity index (χ1v) is 20.6. The van der Waals surface area contributed by atoms with Crippen LogP contribution >= 0.6 is 11.3 Å². The summed E-state index contributed by atoms with van der Waals surface area (Å²) in [4.78, 5) is 0. The van der Waals surface area contributed by atoms with Gasteiger partial charge in [0.05, 0.1) is 22.1 Å². The Balaban J connectivity index is 0.952. The summed E-state index contributed by atoms with van der Waals surface area (Å²) >= 11 is 1.88. The number of aromatic nitrogens is 2. The van der Waals surface area contributed by atoms with E-state index in [9.17, 15) is 0 Å². The van der Waals surface area contributed by atoms with Crippen molar-refractivity contribution in [1.82, 2.24) is 9.13 Å². The van der Waals surface area contributed by atoms with Crippen molar-refractivity contribution in [3.05, 3.63) is 194 Å². The van der Waals surface area contributed by atoms with Gasteiger partial charge in [0.25, 0.3) is 0 Å². The molecule has 4 heteroatoms. The van der Waals surface area contributed by atoms with E-state index in [0.29, 0.717) is 0 Å². The molecule has 270 valence electrons. The van der Waals surface area contributed by atoms with Crippen LogP contribution in [0.25, 0.3) is 119 Å². The van der Waals surface area contributed by atoms with Crippen LogP contribution < -0.4 is 0 Å². The molecule has 9 aromatic carbocycles. The zero-order valence-electron chi connectivity index (χ0n) is 31.2. The molecule has 0 aliphatic carbocycles. The average Bonchev–Trinajstić information content (AvgIpc) is 4.03. The van der Waals surface area contributed by atoms with Gasteiger partial charge in [-0.05, 0) is 101 Å². The summed E-state index contributed by atoms with van der Waals surface area (Å²) in [5.41, 5.74) is 13.8. The number of rotatable bonds is 4. The van der Waals surface area contributed by atoms with Gasteiger partial charge in [0.2, 0.25) is 0 Å². The molecule has 0 bridgehead atoms. The van der Waals surface area contributed by atoms with Crippen LogP contribution in [0.3, 0.4) is 0 Å². The molecule has 0 aliphatic heterocycles. The maximum Gasteiger partial charge on any atom is 0.135 e. The first-order valence-electron chi connectivity index (χ1n) is 19.7. The molecule has 0 radical (unpaired) electrons. The van der Waals surface area contributed by atoms with Crippen molar-refractivity contribution in [3.8, 4) is 33.6 Å². The van der Waals surface area contributed by atoms with Crippen molar-refractivity contribution >= 4 is 97.1 Å². The Bertz CT molecular complexity index is 3820.